The Kier molecular flexibility index (Phi) is 7.93. The Labute approximate surface area is 259 Å². The van der Waals surface area contributed by atoms with Gasteiger partial charge >= 0.3 is 0 Å². The van der Waals surface area contributed by atoms with E-state index in [2.05, 4.69) is 33.0 Å². The van der Waals surface area contributed by atoms with Gasteiger partial charge in [-0.1, -0.05) is 48.0 Å². The molecule has 0 saturated carbocycles. The standard InChI is InChI=1S/C33H25IN4O5/c1-20-11-13-23(14-12-20)36-30(39)19-42-31-25(34)15-21(16-28(31)41-2)18-35-38-32(29-17-22-7-3-6-10-27(22)43-29)37-26-9-5-4-8-24(26)33(38)40/h3-18H,19H2,1-2H3,(H,36,39). The van der Waals surface area contributed by atoms with E-state index < -0.39 is 0 Å². The van der Waals surface area contributed by atoms with E-state index in [1.165, 1.54) is 11.8 Å². The molecule has 0 aliphatic rings. The van der Waals surface area contributed by atoms with Crippen molar-refractivity contribution in [2.75, 3.05) is 19.0 Å². The number of carbonyl (C=O) groups is 1. The van der Waals surface area contributed by atoms with Crippen LogP contribution in [0.5, 0.6) is 11.5 Å². The molecule has 0 atom stereocenters. The van der Waals surface area contributed by atoms with Crippen LogP contribution in [0.15, 0.2) is 105 Å². The molecule has 0 fully saturated rings. The van der Waals surface area contributed by atoms with Crippen LogP contribution >= 0.6 is 22.6 Å². The number of aromatic nitrogens is 2. The molecular weight excluding hydrogens is 659 g/mol. The lowest BCUT2D eigenvalue weighted by Crippen LogP contribution is -2.21. The second-order valence-corrected chi connectivity index (χ2v) is 10.9. The van der Waals surface area contributed by atoms with Crippen LogP contribution in [-0.2, 0) is 4.79 Å². The fraction of sp³-hybridized carbons (Fsp3) is 0.0909. The predicted molar refractivity (Wildman–Crippen MR) is 175 cm³/mol. The monoisotopic (exact) mass is 684 g/mol. The zero-order chi connectivity index (χ0) is 29.9. The maximum atomic E-state index is 13.6. The van der Waals surface area contributed by atoms with Crippen LogP contribution in [0, 0.1) is 10.5 Å². The zero-order valence-electron chi connectivity index (χ0n) is 23.2. The topological polar surface area (TPSA) is 108 Å². The summed E-state index contributed by atoms with van der Waals surface area (Å²) < 4.78 is 19.4. The van der Waals surface area contributed by atoms with Gasteiger partial charge in [-0.15, -0.1) is 0 Å². The highest BCUT2D eigenvalue weighted by molar-refractivity contribution is 14.1. The second kappa shape index (κ2) is 12.1. The Morgan fingerprint density at radius 2 is 1.81 bits per heavy atom. The lowest BCUT2D eigenvalue weighted by atomic mass is 10.2. The third-order valence-corrected chi connectivity index (χ3v) is 7.46. The summed E-state index contributed by atoms with van der Waals surface area (Å²) in [6.45, 7) is 1.78. The predicted octanol–water partition coefficient (Wildman–Crippen LogP) is 6.63. The van der Waals surface area contributed by atoms with Gasteiger partial charge in [0.2, 0.25) is 5.82 Å². The molecule has 0 unspecified atom stereocenters. The number of carbonyl (C=O) groups excluding carboxylic acids is 1. The lowest BCUT2D eigenvalue weighted by Gasteiger charge is -2.14. The molecule has 0 aliphatic heterocycles. The number of rotatable bonds is 8. The average Bonchev–Trinajstić information content (AvgIpc) is 3.45. The summed E-state index contributed by atoms with van der Waals surface area (Å²) in [7, 11) is 1.52. The van der Waals surface area contributed by atoms with Crippen molar-refractivity contribution < 1.29 is 18.7 Å². The average molecular weight is 684 g/mol. The number of ether oxygens (including phenoxy) is 2. The minimum atomic E-state index is -0.335. The minimum Gasteiger partial charge on any atom is -0.493 e. The highest BCUT2D eigenvalue weighted by Gasteiger charge is 2.17. The van der Waals surface area contributed by atoms with Crippen LogP contribution in [0.25, 0.3) is 33.5 Å². The van der Waals surface area contributed by atoms with Crippen LogP contribution in [0.1, 0.15) is 11.1 Å². The summed E-state index contributed by atoms with van der Waals surface area (Å²) in [6, 6.07) is 27.6. The van der Waals surface area contributed by atoms with E-state index >= 15 is 0 Å². The normalized spacial score (nSPS) is 11.3. The lowest BCUT2D eigenvalue weighted by molar-refractivity contribution is -0.118. The molecule has 9 nitrogen and oxygen atoms in total. The van der Waals surface area contributed by atoms with Crippen LogP contribution in [0.4, 0.5) is 5.69 Å². The number of anilines is 1. The number of furan rings is 1. The number of benzene rings is 4. The van der Waals surface area contributed by atoms with Gasteiger partial charge in [-0.2, -0.15) is 9.78 Å². The number of fused-ring (bicyclic) bond motifs is 2. The van der Waals surface area contributed by atoms with E-state index in [-0.39, 0.29) is 23.9 Å². The van der Waals surface area contributed by atoms with Gasteiger partial charge in [0, 0.05) is 11.1 Å². The molecule has 214 valence electrons. The van der Waals surface area contributed by atoms with Crippen LogP contribution in [-0.4, -0.2) is 35.5 Å². The zero-order valence-corrected chi connectivity index (χ0v) is 25.4. The van der Waals surface area contributed by atoms with E-state index in [0.29, 0.717) is 48.6 Å². The molecule has 0 saturated heterocycles. The molecule has 2 aromatic heterocycles. The molecule has 0 radical (unpaired) electrons. The van der Waals surface area contributed by atoms with E-state index in [1.807, 2.05) is 73.7 Å². The summed E-state index contributed by atoms with van der Waals surface area (Å²) >= 11 is 2.11. The maximum Gasteiger partial charge on any atom is 0.282 e. The number of hydrogen-bond donors (Lipinski definition) is 1. The van der Waals surface area contributed by atoms with E-state index in [1.54, 1.807) is 30.5 Å². The second-order valence-electron chi connectivity index (χ2n) is 9.70. The number of nitrogens with one attached hydrogen (secondary N) is 1. The first-order chi connectivity index (χ1) is 20.9. The Hall–Kier alpha value is -4.97. The molecule has 1 amide bonds. The van der Waals surface area contributed by atoms with Gasteiger partial charge in [-0.25, -0.2) is 4.98 Å². The smallest absolute Gasteiger partial charge is 0.282 e. The number of aryl methyl sites for hydroxylation is 1. The van der Waals surface area contributed by atoms with Gasteiger partial charge in [0.25, 0.3) is 11.5 Å². The largest absolute Gasteiger partial charge is 0.493 e. The van der Waals surface area contributed by atoms with Gasteiger partial charge in [-0.05, 0) is 83.6 Å². The highest BCUT2D eigenvalue weighted by Crippen LogP contribution is 2.34. The van der Waals surface area contributed by atoms with Gasteiger partial charge in [-0.3, -0.25) is 9.59 Å². The number of methoxy groups -OCH3 is 1. The molecule has 43 heavy (non-hydrogen) atoms. The van der Waals surface area contributed by atoms with Gasteiger partial charge in [0.05, 0.1) is 27.8 Å². The summed E-state index contributed by atoms with van der Waals surface area (Å²) in [5.74, 6) is 1.23. The molecule has 0 spiro atoms. The summed E-state index contributed by atoms with van der Waals surface area (Å²) in [5, 5.41) is 8.67. The molecule has 0 aliphatic carbocycles. The van der Waals surface area contributed by atoms with Crippen molar-refractivity contribution in [3.05, 3.63) is 116 Å². The van der Waals surface area contributed by atoms with Crippen molar-refractivity contribution in [2.45, 2.75) is 6.92 Å². The molecule has 1 N–H and O–H groups in total. The summed E-state index contributed by atoms with van der Waals surface area (Å²) in [6.07, 6.45) is 1.54. The Bertz CT molecular complexity index is 2030. The van der Waals surface area contributed by atoms with Crippen LogP contribution in [0.3, 0.4) is 0 Å². The van der Waals surface area contributed by atoms with E-state index in [9.17, 15) is 9.59 Å². The third kappa shape index (κ3) is 6.00. The molecular formula is C33H25IN4O5. The Balaban J connectivity index is 1.30. The number of halogens is 1. The third-order valence-electron chi connectivity index (χ3n) is 6.66. The number of para-hydroxylation sites is 2. The quantitative estimate of drug-likeness (QED) is 0.143. The number of hydrogen-bond acceptors (Lipinski definition) is 7. The Morgan fingerprint density at radius 3 is 2.60 bits per heavy atom. The first kappa shape index (κ1) is 28.2. The van der Waals surface area contributed by atoms with Crippen molar-refractivity contribution in [3.8, 4) is 23.1 Å². The molecule has 0 bridgehead atoms. The molecule has 10 heteroatoms. The van der Waals surface area contributed by atoms with Gasteiger partial charge in [0.1, 0.15) is 5.58 Å². The van der Waals surface area contributed by atoms with Crippen molar-refractivity contribution in [2.24, 2.45) is 5.10 Å². The molecule has 4 aromatic carbocycles. The molecule has 6 rings (SSSR count). The fourth-order valence-electron chi connectivity index (χ4n) is 4.53. The fourth-order valence-corrected chi connectivity index (χ4v) is 5.31. The summed E-state index contributed by atoms with van der Waals surface area (Å²) in [4.78, 5) is 30.8. The highest BCUT2D eigenvalue weighted by atomic mass is 127. The van der Waals surface area contributed by atoms with Gasteiger partial charge < -0.3 is 19.2 Å². The number of amides is 1. The van der Waals surface area contributed by atoms with Crippen molar-refractivity contribution in [1.29, 1.82) is 0 Å². The first-order valence-corrected chi connectivity index (χ1v) is 14.4. The molecule has 6 aromatic rings. The minimum absolute atomic E-state index is 0.202. The van der Waals surface area contributed by atoms with Crippen molar-refractivity contribution in [3.63, 3.8) is 0 Å². The van der Waals surface area contributed by atoms with Crippen molar-refractivity contribution >= 4 is 62.3 Å². The SMILES string of the molecule is COc1cc(C=Nn2c(-c3cc4ccccc4o3)nc3ccccc3c2=O)cc(I)c1OCC(=O)Nc1ccc(C)cc1. The van der Waals surface area contributed by atoms with Crippen LogP contribution < -0.4 is 20.3 Å². The van der Waals surface area contributed by atoms with Crippen molar-refractivity contribution in [1.82, 2.24) is 9.66 Å². The van der Waals surface area contributed by atoms with Gasteiger partial charge in [0.15, 0.2) is 23.9 Å². The first-order valence-electron chi connectivity index (χ1n) is 13.3. The Morgan fingerprint density at radius 1 is 1.05 bits per heavy atom. The number of nitrogens with zero attached hydrogens (tertiary/aromatic N) is 3. The molecule has 2 heterocycles. The van der Waals surface area contributed by atoms with E-state index in [0.717, 1.165) is 10.9 Å². The maximum absolute atomic E-state index is 13.6. The van der Waals surface area contributed by atoms with Crippen LogP contribution in [0.2, 0.25) is 0 Å². The summed E-state index contributed by atoms with van der Waals surface area (Å²) in [5.41, 5.74) is 3.32. The van der Waals surface area contributed by atoms with E-state index in [4.69, 9.17) is 18.9 Å².